The number of hydrogen-bond donors (Lipinski definition) is 0. The number of halogens is 6. The normalized spacial score (nSPS) is 23.1. The highest BCUT2D eigenvalue weighted by Gasteiger charge is 2.42. The van der Waals surface area contributed by atoms with Crippen LogP contribution < -0.4 is 9.64 Å². The number of alkyl halides is 6. The number of fused-ring (bicyclic) bond motifs is 2. The van der Waals surface area contributed by atoms with Crippen LogP contribution in [0.3, 0.4) is 0 Å². The summed E-state index contributed by atoms with van der Waals surface area (Å²) in [7, 11) is 0. The van der Waals surface area contributed by atoms with Crippen LogP contribution in [-0.2, 0) is 12.4 Å². The fraction of sp³-hybridized carbons (Fsp3) is 0.522. The first-order valence-electron chi connectivity index (χ1n) is 10.9. The van der Waals surface area contributed by atoms with Gasteiger partial charge in [0.2, 0.25) is 0 Å². The highest BCUT2D eigenvalue weighted by atomic mass is 32.2. The molecule has 10 heteroatoms. The van der Waals surface area contributed by atoms with Gasteiger partial charge in [-0.05, 0) is 62.4 Å². The summed E-state index contributed by atoms with van der Waals surface area (Å²) in [5.41, 5.74) is -1.51. The first-order chi connectivity index (χ1) is 15.6. The summed E-state index contributed by atoms with van der Waals surface area (Å²) in [6, 6.07) is 6.38. The van der Waals surface area contributed by atoms with Crippen molar-refractivity contribution in [2.45, 2.75) is 73.6 Å². The maximum absolute atomic E-state index is 13.1. The predicted molar refractivity (Wildman–Crippen MR) is 115 cm³/mol. The fourth-order valence-electron chi connectivity index (χ4n) is 4.59. The van der Waals surface area contributed by atoms with Crippen LogP contribution in [0.4, 0.5) is 32.2 Å². The molecule has 0 spiro atoms. The third kappa shape index (κ3) is 5.36. The number of aromatic nitrogens is 1. The average Bonchev–Trinajstić information content (AvgIpc) is 3.02. The van der Waals surface area contributed by atoms with Crippen molar-refractivity contribution in [2.75, 3.05) is 11.5 Å². The average molecular weight is 491 g/mol. The standard InChI is InChI=1S/C23H24F6N2OS/c1-2-9-32-19-10-14(22(24,25)26)3-7-20(19)33-18-11-16-5-6-17(12-18)31(16)21-8-4-15(13-30-21)23(27,28)29/h3-4,7-8,10,13,16-18H,2,5-6,9,11-12H2,1H3/t16-,17+,18?. The largest absolute Gasteiger partial charge is 0.492 e. The van der Waals surface area contributed by atoms with Gasteiger partial charge in [0.05, 0.1) is 17.7 Å². The van der Waals surface area contributed by atoms with Crippen LogP contribution in [-0.4, -0.2) is 28.9 Å². The number of thioether (sulfide) groups is 1. The Morgan fingerprint density at radius 3 is 2.15 bits per heavy atom. The van der Waals surface area contributed by atoms with Gasteiger partial charge >= 0.3 is 12.4 Å². The van der Waals surface area contributed by atoms with Crippen molar-refractivity contribution in [1.82, 2.24) is 4.98 Å². The van der Waals surface area contributed by atoms with E-state index in [0.717, 1.165) is 50.1 Å². The molecule has 0 saturated carbocycles. The number of nitrogens with zero attached hydrogens (tertiary/aromatic N) is 2. The van der Waals surface area contributed by atoms with Gasteiger partial charge in [-0.2, -0.15) is 26.3 Å². The van der Waals surface area contributed by atoms with Gasteiger partial charge in [0, 0.05) is 28.4 Å². The molecule has 2 aromatic rings. The summed E-state index contributed by atoms with van der Waals surface area (Å²) in [6.45, 7) is 2.22. The Bertz CT molecular complexity index is 949. The quantitative estimate of drug-likeness (QED) is 0.400. The molecule has 1 unspecified atom stereocenters. The Kier molecular flexibility index (Phi) is 6.75. The van der Waals surface area contributed by atoms with Gasteiger partial charge in [0.25, 0.3) is 0 Å². The van der Waals surface area contributed by atoms with Gasteiger partial charge in [0.1, 0.15) is 11.6 Å². The first-order valence-corrected chi connectivity index (χ1v) is 11.8. The minimum Gasteiger partial charge on any atom is -0.492 e. The van der Waals surface area contributed by atoms with Crippen molar-refractivity contribution in [3.63, 3.8) is 0 Å². The summed E-state index contributed by atoms with van der Waals surface area (Å²) in [5, 5.41) is 0.175. The lowest BCUT2D eigenvalue weighted by Crippen LogP contribution is -2.44. The number of benzene rings is 1. The van der Waals surface area contributed by atoms with Gasteiger partial charge < -0.3 is 9.64 Å². The molecule has 1 aromatic heterocycles. The summed E-state index contributed by atoms with van der Waals surface area (Å²) >= 11 is 1.52. The van der Waals surface area contributed by atoms with Crippen LogP contribution in [0.1, 0.15) is 50.2 Å². The van der Waals surface area contributed by atoms with E-state index in [2.05, 4.69) is 9.88 Å². The molecule has 3 heterocycles. The molecule has 0 N–H and O–H groups in total. The number of piperidine rings is 1. The monoisotopic (exact) mass is 490 g/mol. The molecule has 2 aliphatic rings. The third-order valence-corrected chi connectivity index (χ3v) is 7.37. The smallest absolute Gasteiger partial charge is 0.417 e. The molecule has 2 bridgehead atoms. The molecule has 2 fully saturated rings. The second kappa shape index (κ2) is 9.27. The van der Waals surface area contributed by atoms with Crippen molar-refractivity contribution in [2.24, 2.45) is 0 Å². The van der Waals surface area contributed by atoms with E-state index < -0.39 is 23.5 Å². The molecule has 0 aliphatic carbocycles. The Morgan fingerprint density at radius 1 is 0.970 bits per heavy atom. The lowest BCUT2D eigenvalue weighted by Gasteiger charge is -2.39. The third-order valence-electron chi connectivity index (χ3n) is 6.06. The summed E-state index contributed by atoms with van der Waals surface area (Å²) in [5.74, 6) is 0.788. The van der Waals surface area contributed by atoms with Crippen LogP contribution in [0.5, 0.6) is 5.75 Å². The topological polar surface area (TPSA) is 25.4 Å². The van der Waals surface area contributed by atoms with Gasteiger partial charge in [-0.15, -0.1) is 11.8 Å². The van der Waals surface area contributed by atoms with Gasteiger partial charge in [0.15, 0.2) is 0 Å². The van der Waals surface area contributed by atoms with Crippen molar-refractivity contribution in [3.05, 3.63) is 47.7 Å². The maximum atomic E-state index is 13.1. The van der Waals surface area contributed by atoms with E-state index in [1.54, 1.807) is 0 Å². The molecule has 33 heavy (non-hydrogen) atoms. The second-order valence-electron chi connectivity index (χ2n) is 8.41. The van der Waals surface area contributed by atoms with E-state index in [0.29, 0.717) is 23.7 Å². The van der Waals surface area contributed by atoms with E-state index in [4.69, 9.17) is 4.74 Å². The van der Waals surface area contributed by atoms with E-state index in [1.165, 1.54) is 23.9 Å². The Morgan fingerprint density at radius 2 is 1.61 bits per heavy atom. The number of ether oxygens (including phenoxy) is 1. The van der Waals surface area contributed by atoms with Gasteiger partial charge in [-0.25, -0.2) is 4.98 Å². The molecule has 3 atom stereocenters. The van der Waals surface area contributed by atoms with E-state index >= 15 is 0 Å². The Labute approximate surface area is 192 Å². The Balaban J connectivity index is 1.48. The highest BCUT2D eigenvalue weighted by molar-refractivity contribution is 8.00. The van der Waals surface area contributed by atoms with Crippen LogP contribution in [0, 0.1) is 0 Å². The molecule has 0 radical (unpaired) electrons. The molecule has 180 valence electrons. The van der Waals surface area contributed by atoms with E-state index in [-0.39, 0.29) is 23.1 Å². The van der Waals surface area contributed by atoms with E-state index in [1.807, 2.05) is 6.92 Å². The minimum absolute atomic E-state index is 0.139. The molecule has 3 nitrogen and oxygen atoms in total. The molecule has 2 saturated heterocycles. The fourth-order valence-corrected chi connectivity index (χ4v) is 5.97. The lowest BCUT2D eigenvalue weighted by molar-refractivity contribution is -0.138. The summed E-state index contributed by atoms with van der Waals surface area (Å²) in [6.07, 6.45) is -3.93. The van der Waals surface area contributed by atoms with Crippen LogP contribution in [0.25, 0.3) is 0 Å². The Hall–Kier alpha value is -2.10. The lowest BCUT2D eigenvalue weighted by atomic mass is 10.0. The van der Waals surface area contributed by atoms with Crippen LogP contribution in [0.15, 0.2) is 41.4 Å². The zero-order chi connectivity index (χ0) is 23.8. The zero-order valence-electron chi connectivity index (χ0n) is 17.9. The first kappa shape index (κ1) is 24.0. The van der Waals surface area contributed by atoms with Crippen LogP contribution in [0.2, 0.25) is 0 Å². The number of pyridine rings is 1. The molecular weight excluding hydrogens is 466 g/mol. The van der Waals surface area contributed by atoms with Crippen molar-refractivity contribution < 1.29 is 31.1 Å². The molecule has 2 aliphatic heterocycles. The highest BCUT2D eigenvalue weighted by Crippen LogP contribution is 2.46. The minimum atomic E-state index is -4.44. The SMILES string of the molecule is CCCOc1cc(C(F)(F)F)ccc1SC1C[C@H]2CC[C@@H](C1)N2c1ccc(C(F)(F)F)cn1. The molecule has 1 aromatic carbocycles. The number of hydrogen-bond acceptors (Lipinski definition) is 4. The maximum Gasteiger partial charge on any atom is 0.417 e. The van der Waals surface area contributed by atoms with E-state index in [9.17, 15) is 26.3 Å². The summed E-state index contributed by atoms with van der Waals surface area (Å²) in [4.78, 5) is 6.86. The van der Waals surface area contributed by atoms with Crippen molar-refractivity contribution in [3.8, 4) is 5.75 Å². The van der Waals surface area contributed by atoms with Gasteiger partial charge in [-0.3, -0.25) is 0 Å². The van der Waals surface area contributed by atoms with Crippen LogP contribution >= 0.6 is 11.8 Å². The number of rotatable bonds is 6. The summed E-state index contributed by atoms with van der Waals surface area (Å²) < 4.78 is 83.6. The predicted octanol–water partition coefficient (Wildman–Crippen LogP) is 7.20. The second-order valence-corrected chi connectivity index (χ2v) is 9.76. The molecule has 0 amide bonds. The van der Waals surface area contributed by atoms with Gasteiger partial charge in [-0.1, -0.05) is 6.92 Å². The number of anilines is 1. The van der Waals surface area contributed by atoms with Crippen molar-refractivity contribution in [1.29, 1.82) is 0 Å². The molecule has 4 rings (SSSR count). The zero-order valence-corrected chi connectivity index (χ0v) is 18.7. The molecular formula is C23H24F6N2OS. The van der Waals surface area contributed by atoms with Crippen molar-refractivity contribution >= 4 is 17.6 Å².